The van der Waals surface area contributed by atoms with Crippen molar-refractivity contribution in [1.29, 1.82) is 0 Å². The zero-order valence-electron chi connectivity index (χ0n) is 15.8. The minimum Gasteiger partial charge on any atom is -0.475 e. The number of carbonyl (C=O) groups is 1. The van der Waals surface area contributed by atoms with Crippen LogP contribution in [0.4, 0.5) is 28.0 Å². The average Bonchev–Trinajstić information content (AvgIpc) is 2.66. The van der Waals surface area contributed by atoms with E-state index in [1.54, 1.807) is 13.8 Å². The van der Waals surface area contributed by atoms with Crippen molar-refractivity contribution in [2.75, 3.05) is 31.9 Å². The van der Waals surface area contributed by atoms with E-state index in [4.69, 9.17) is 4.74 Å². The first-order valence-corrected chi connectivity index (χ1v) is 8.18. The molecule has 0 heterocycles. The molecule has 0 fully saturated rings. The number of benzene rings is 1. The Morgan fingerprint density at radius 3 is 2.36 bits per heavy atom. The quantitative estimate of drug-likeness (QED) is 0.403. The Morgan fingerprint density at radius 2 is 1.86 bits per heavy atom. The lowest BCUT2D eigenvalue weighted by molar-refractivity contribution is -0.137. The van der Waals surface area contributed by atoms with Gasteiger partial charge in [-0.05, 0) is 44.8 Å². The van der Waals surface area contributed by atoms with Gasteiger partial charge in [-0.1, -0.05) is 0 Å². The zero-order chi connectivity index (χ0) is 21.3. The number of ether oxygens (including phenoxy) is 1. The fourth-order valence-corrected chi connectivity index (χ4v) is 2.02. The van der Waals surface area contributed by atoms with Gasteiger partial charge in [-0.2, -0.15) is 13.2 Å². The molecule has 6 nitrogen and oxygen atoms in total. The molecule has 154 valence electrons. The lowest BCUT2D eigenvalue weighted by atomic mass is 10.2. The number of allylic oxidation sites excluding steroid dienone is 1. The van der Waals surface area contributed by atoms with Gasteiger partial charge in [0.25, 0.3) is 0 Å². The number of hydrogen-bond donors (Lipinski definition) is 1. The Balaban J connectivity index is 2.71. The Kier molecular flexibility index (Phi) is 8.62. The van der Waals surface area contributed by atoms with Crippen LogP contribution in [0.1, 0.15) is 19.4 Å². The van der Waals surface area contributed by atoms with Gasteiger partial charge in [0.15, 0.2) is 0 Å². The fourth-order valence-electron chi connectivity index (χ4n) is 2.02. The summed E-state index contributed by atoms with van der Waals surface area (Å²) in [4.78, 5) is 21.1. The zero-order valence-corrected chi connectivity index (χ0v) is 15.8. The molecule has 0 radical (unpaired) electrons. The SMILES string of the molecule is C=N/C(OCCF)=C(C)\C(C)=N/CNC(=O)N(C)c1ccc(C(F)(F)F)cc1. The number of carbonyl (C=O) groups excluding carboxylic acids is 1. The fraction of sp³-hybridized carbons (Fsp3) is 0.389. The van der Waals surface area contributed by atoms with Crippen LogP contribution in [0.15, 0.2) is 45.7 Å². The summed E-state index contributed by atoms with van der Waals surface area (Å²) in [5, 5.41) is 2.52. The molecule has 1 N–H and O–H groups in total. The van der Waals surface area contributed by atoms with E-state index in [1.165, 1.54) is 19.2 Å². The third kappa shape index (κ3) is 6.67. The van der Waals surface area contributed by atoms with E-state index in [0.717, 1.165) is 17.0 Å². The maximum Gasteiger partial charge on any atom is 0.416 e. The molecule has 0 aliphatic rings. The Bertz CT molecular complexity index is 743. The number of rotatable bonds is 8. The molecule has 28 heavy (non-hydrogen) atoms. The maximum atomic E-state index is 12.6. The molecule has 0 spiro atoms. The summed E-state index contributed by atoms with van der Waals surface area (Å²) >= 11 is 0. The molecule has 0 saturated heterocycles. The molecule has 1 aromatic rings. The largest absolute Gasteiger partial charge is 0.475 e. The highest BCUT2D eigenvalue weighted by Crippen LogP contribution is 2.30. The molecule has 0 aliphatic heterocycles. The van der Waals surface area contributed by atoms with Crippen molar-refractivity contribution in [2.45, 2.75) is 20.0 Å². The highest BCUT2D eigenvalue weighted by Gasteiger charge is 2.30. The number of nitrogens with zero attached hydrogens (tertiary/aromatic N) is 3. The molecule has 0 saturated carbocycles. The average molecular weight is 402 g/mol. The monoisotopic (exact) mass is 402 g/mol. The minimum absolute atomic E-state index is 0.0828. The summed E-state index contributed by atoms with van der Waals surface area (Å²) in [5.41, 5.74) is 0.529. The second-order valence-corrected chi connectivity index (χ2v) is 5.61. The van der Waals surface area contributed by atoms with Crippen molar-refractivity contribution in [2.24, 2.45) is 9.98 Å². The van der Waals surface area contributed by atoms with Crippen LogP contribution in [-0.4, -0.2) is 45.5 Å². The van der Waals surface area contributed by atoms with Crippen LogP contribution in [0.3, 0.4) is 0 Å². The highest BCUT2D eigenvalue weighted by atomic mass is 19.4. The lowest BCUT2D eigenvalue weighted by Gasteiger charge is -2.18. The first-order chi connectivity index (χ1) is 13.1. The van der Waals surface area contributed by atoms with Gasteiger partial charge in [0.05, 0.1) is 5.56 Å². The first kappa shape index (κ1) is 23.1. The maximum absolute atomic E-state index is 12.6. The van der Waals surface area contributed by atoms with Gasteiger partial charge in [-0.3, -0.25) is 9.89 Å². The van der Waals surface area contributed by atoms with Gasteiger partial charge in [-0.25, -0.2) is 14.2 Å². The number of nitrogens with one attached hydrogen (secondary N) is 1. The summed E-state index contributed by atoms with van der Waals surface area (Å²) in [6.07, 6.45) is -4.44. The van der Waals surface area contributed by atoms with Crippen molar-refractivity contribution in [3.05, 3.63) is 41.3 Å². The van der Waals surface area contributed by atoms with Crippen LogP contribution < -0.4 is 10.2 Å². The standard InChI is InChI=1S/C18H22F4N4O2/c1-12(16(23-3)28-10-9-19)13(2)24-11-25-17(27)26(4)15-7-5-14(6-8-15)18(20,21)22/h5-8H,3,9-11H2,1-2,4H3,(H,25,27)/b16-12+,24-13-. The van der Waals surface area contributed by atoms with Crippen molar-refractivity contribution in [1.82, 2.24) is 5.32 Å². The molecule has 0 atom stereocenters. The predicted octanol–water partition coefficient (Wildman–Crippen LogP) is 4.19. The van der Waals surface area contributed by atoms with Gasteiger partial charge < -0.3 is 10.1 Å². The highest BCUT2D eigenvalue weighted by molar-refractivity contribution is 5.98. The van der Waals surface area contributed by atoms with E-state index >= 15 is 0 Å². The lowest BCUT2D eigenvalue weighted by Crippen LogP contribution is -2.37. The number of aliphatic imine (C=N–C) groups is 2. The molecule has 0 bridgehead atoms. The van der Waals surface area contributed by atoms with Gasteiger partial charge in [0.2, 0.25) is 5.88 Å². The summed E-state index contributed by atoms with van der Waals surface area (Å²) in [6.45, 7) is 5.75. The molecule has 0 aliphatic carbocycles. The third-order valence-corrected chi connectivity index (χ3v) is 3.76. The molecule has 2 amide bonds. The minimum atomic E-state index is -4.44. The van der Waals surface area contributed by atoms with Crippen molar-refractivity contribution < 1.29 is 27.1 Å². The van der Waals surface area contributed by atoms with Crippen LogP contribution in [0.2, 0.25) is 0 Å². The smallest absolute Gasteiger partial charge is 0.416 e. The van der Waals surface area contributed by atoms with Crippen LogP contribution in [0.5, 0.6) is 0 Å². The number of halogens is 4. The van der Waals surface area contributed by atoms with Crippen molar-refractivity contribution in [3.8, 4) is 0 Å². The molecule has 0 aromatic heterocycles. The van der Waals surface area contributed by atoms with E-state index in [-0.39, 0.29) is 19.2 Å². The van der Waals surface area contributed by atoms with Crippen molar-refractivity contribution >= 4 is 24.1 Å². The second-order valence-electron chi connectivity index (χ2n) is 5.61. The summed E-state index contributed by atoms with van der Waals surface area (Å²) in [6, 6.07) is 3.66. The molecule has 0 unspecified atom stereocenters. The van der Waals surface area contributed by atoms with E-state index in [0.29, 0.717) is 17.0 Å². The van der Waals surface area contributed by atoms with Gasteiger partial charge >= 0.3 is 12.2 Å². The summed E-state index contributed by atoms with van der Waals surface area (Å²) < 4.78 is 55.1. The van der Waals surface area contributed by atoms with Crippen LogP contribution >= 0.6 is 0 Å². The van der Waals surface area contributed by atoms with Crippen LogP contribution in [0, 0.1) is 0 Å². The topological polar surface area (TPSA) is 66.3 Å². The van der Waals surface area contributed by atoms with E-state index < -0.39 is 24.4 Å². The second kappa shape index (κ2) is 10.4. The molecule has 1 rings (SSSR count). The normalized spacial score (nSPS) is 12.9. The Labute approximate surface area is 160 Å². The van der Waals surface area contributed by atoms with Gasteiger partial charge in [0, 0.05) is 24.0 Å². The number of anilines is 1. The predicted molar refractivity (Wildman–Crippen MR) is 101 cm³/mol. The Morgan fingerprint density at radius 1 is 1.25 bits per heavy atom. The van der Waals surface area contributed by atoms with Crippen LogP contribution in [0.25, 0.3) is 0 Å². The van der Waals surface area contributed by atoms with Gasteiger partial charge in [0.1, 0.15) is 20.0 Å². The van der Waals surface area contributed by atoms with E-state index in [1.807, 2.05) is 0 Å². The first-order valence-electron chi connectivity index (χ1n) is 8.18. The van der Waals surface area contributed by atoms with E-state index in [9.17, 15) is 22.4 Å². The molecule has 10 heteroatoms. The van der Waals surface area contributed by atoms with E-state index in [2.05, 4.69) is 22.0 Å². The summed E-state index contributed by atoms with van der Waals surface area (Å²) in [7, 11) is 1.42. The number of amides is 2. The molecular formula is C18H22F4N4O2. The number of alkyl halides is 4. The Hall–Kier alpha value is -2.91. The third-order valence-electron chi connectivity index (χ3n) is 3.76. The van der Waals surface area contributed by atoms with Crippen LogP contribution in [-0.2, 0) is 10.9 Å². The summed E-state index contributed by atoms with van der Waals surface area (Å²) in [5.74, 6) is 0.145. The molecular weight excluding hydrogens is 380 g/mol. The molecule has 1 aromatic carbocycles. The van der Waals surface area contributed by atoms with Gasteiger partial charge in [-0.15, -0.1) is 0 Å². The number of hydrogen-bond acceptors (Lipinski definition) is 4. The number of urea groups is 1. The van der Waals surface area contributed by atoms with Crippen molar-refractivity contribution in [3.63, 3.8) is 0 Å².